The minimum atomic E-state index is -0.344. The van der Waals surface area contributed by atoms with Crippen molar-refractivity contribution in [3.63, 3.8) is 0 Å². The Balaban J connectivity index is 1.82. The Hall–Kier alpha value is -2.73. The van der Waals surface area contributed by atoms with E-state index in [1.165, 1.54) is 12.3 Å². The number of aromatic nitrogens is 3. The van der Waals surface area contributed by atoms with Gasteiger partial charge in [0.15, 0.2) is 0 Å². The molecule has 1 amide bonds. The number of pyridine rings is 1. The van der Waals surface area contributed by atoms with Gasteiger partial charge in [-0.2, -0.15) is 4.98 Å². The van der Waals surface area contributed by atoms with Gasteiger partial charge in [-0.1, -0.05) is 28.9 Å². The van der Waals surface area contributed by atoms with Gasteiger partial charge in [-0.3, -0.25) is 9.78 Å². The topological polar surface area (TPSA) is 80.9 Å². The van der Waals surface area contributed by atoms with Crippen LogP contribution in [0, 0.1) is 6.92 Å². The molecule has 2 heterocycles. The molecule has 22 heavy (non-hydrogen) atoms. The van der Waals surface area contributed by atoms with Crippen LogP contribution in [0.15, 0.2) is 47.1 Å². The summed E-state index contributed by atoms with van der Waals surface area (Å²) in [5.41, 5.74) is 1.59. The van der Waals surface area contributed by atoms with Gasteiger partial charge < -0.3 is 9.84 Å². The predicted molar refractivity (Wildman–Crippen MR) is 81.7 cm³/mol. The fraction of sp³-hybridized carbons (Fsp3) is 0.0667. The van der Waals surface area contributed by atoms with E-state index in [0.717, 1.165) is 5.56 Å². The quantitative estimate of drug-likeness (QED) is 0.801. The van der Waals surface area contributed by atoms with Crippen LogP contribution in [-0.4, -0.2) is 21.0 Å². The molecule has 0 saturated carbocycles. The Kier molecular flexibility index (Phi) is 3.84. The van der Waals surface area contributed by atoms with Crippen molar-refractivity contribution in [3.05, 3.63) is 59.2 Å². The molecule has 2 aromatic heterocycles. The SMILES string of the molecule is Cc1nc(-c2cccc(NC(=O)c3cc(Cl)ccn3)c2)no1. The van der Waals surface area contributed by atoms with Crippen LogP contribution in [0.4, 0.5) is 5.69 Å². The zero-order valence-corrected chi connectivity index (χ0v) is 12.3. The van der Waals surface area contributed by atoms with Crippen molar-refractivity contribution in [3.8, 4) is 11.4 Å². The molecule has 0 aliphatic heterocycles. The average molecular weight is 315 g/mol. The lowest BCUT2D eigenvalue weighted by Crippen LogP contribution is -2.13. The zero-order chi connectivity index (χ0) is 15.5. The van der Waals surface area contributed by atoms with Crippen molar-refractivity contribution in [2.45, 2.75) is 6.92 Å². The normalized spacial score (nSPS) is 10.5. The number of nitrogens with one attached hydrogen (secondary N) is 1. The first-order valence-electron chi connectivity index (χ1n) is 6.45. The fourth-order valence-corrected chi connectivity index (χ4v) is 2.04. The highest BCUT2D eigenvalue weighted by Crippen LogP contribution is 2.20. The molecule has 110 valence electrons. The molecule has 3 aromatic rings. The third-order valence-corrected chi connectivity index (χ3v) is 3.10. The smallest absolute Gasteiger partial charge is 0.274 e. The second-order valence-corrected chi connectivity index (χ2v) is 4.97. The van der Waals surface area contributed by atoms with Crippen LogP contribution in [-0.2, 0) is 0 Å². The highest BCUT2D eigenvalue weighted by atomic mass is 35.5. The first-order valence-corrected chi connectivity index (χ1v) is 6.83. The van der Waals surface area contributed by atoms with Crippen molar-refractivity contribution in [1.82, 2.24) is 15.1 Å². The number of hydrogen-bond donors (Lipinski definition) is 1. The van der Waals surface area contributed by atoms with Gasteiger partial charge >= 0.3 is 0 Å². The van der Waals surface area contributed by atoms with E-state index in [4.69, 9.17) is 16.1 Å². The van der Waals surface area contributed by atoms with Gasteiger partial charge in [0.1, 0.15) is 5.69 Å². The molecule has 1 N–H and O–H groups in total. The average Bonchev–Trinajstić information content (AvgIpc) is 2.94. The number of anilines is 1. The van der Waals surface area contributed by atoms with Gasteiger partial charge in [0.05, 0.1) is 0 Å². The highest BCUT2D eigenvalue weighted by Gasteiger charge is 2.10. The number of rotatable bonds is 3. The van der Waals surface area contributed by atoms with E-state index in [0.29, 0.717) is 22.4 Å². The number of carbonyl (C=O) groups is 1. The van der Waals surface area contributed by atoms with Gasteiger partial charge in [-0.05, 0) is 24.3 Å². The van der Waals surface area contributed by atoms with Crippen LogP contribution in [0.1, 0.15) is 16.4 Å². The molecule has 0 bridgehead atoms. The standard InChI is InChI=1S/C15H11ClN4O2/c1-9-18-14(20-22-9)10-3-2-4-12(7-10)19-15(21)13-8-11(16)5-6-17-13/h2-8H,1H3,(H,19,21). The minimum Gasteiger partial charge on any atom is -0.339 e. The summed E-state index contributed by atoms with van der Waals surface area (Å²) < 4.78 is 4.95. The first kappa shape index (κ1) is 14.2. The van der Waals surface area contributed by atoms with E-state index in [2.05, 4.69) is 20.4 Å². The lowest BCUT2D eigenvalue weighted by Gasteiger charge is -2.05. The number of carbonyl (C=O) groups excluding carboxylic acids is 1. The summed E-state index contributed by atoms with van der Waals surface area (Å²) in [6, 6.07) is 10.3. The number of aryl methyl sites for hydroxylation is 1. The highest BCUT2D eigenvalue weighted by molar-refractivity contribution is 6.30. The molecule has 6 nitrogen and oxygen atoms in total. The predicted octanol–water partition coefficient (Wildman–Crippen LogP) is 3.35. The molecule has 0 fully saturated rings. The number of amides is 1. The second-order valence-electron chi connectivity index (χ2n) is 4.53. The maximum Gasteiger partial charge on any atom is 0.274 e. The number of benzene rings is 1. The molecule has 0 radical (unpaired) electrons. The molecule has 0 aliphatic rings. The van der Waals surface area contributed by atoms with Crippen molar-refractivity contribution in [1.29, 1.82) is 0 Å². The Morgan fingerprint density at radius 2 is 2.14 bits per heavy atom. The summed E-state index contributed by atoms with van der Waals surface area (Å²) in [6.45, 7) is 1.72. The summed E-state index contributed by atoms with van der Waals surface area (Å²) in [5, 5.41) is 7.06. The molecular formula is C15H11ClN4O2. The Morgan fingerprint density at radius 3 is 2.86 bits per heavy atom. The maximum atomic E-state index is 12.1. The van der Waals surface area contributed by atoms with Crippen LogP contribution in [0.3, 0.4) is 0 Å². The summed E-state index contributed by atoms with van der Waals surface area (Å²) >= 11 is 5.85. The van der Waals surface area contributed by atoms with Gasteiger partial charge in [-0.25, -0.2) is 0 Å². The first-order chi connectivity index (χ1) is 10.6. The van der Waals surface area contributed by atoms with Crippen LogP contribution in [0.25, 0.3) is 11.4 Å². The van der Waals surface area contributed by atoms with Crippen molar-refractivity contribution < 1.29 is 9.32 Å². The van der Waals surface area contributed by atoms with Crippen LogP contribution < -0.4 is 5.32 Å². The molecule has 7 heteroatoms. The summed E-state index contributed by atoms with van der Waals surface area (Å²) in [6.07, 6.45) is 1.48. The van der Waals surface area contributed by atoms with Gasteiger partial charge in [-0.15, -0.1) is 0 Å². The van der Waals surface area contributed by atoms with Crippen LogP contribution >= 0.6 is 11.6 Å². The van der Waals surface area contributed by atoms with Gasteiger partial charge in [0.2, 0.25) is 11.7 Å². The number of hydrogen-bond acceptors (Lipinski definition) is 5. The summed E-state index contributed by atoms with van der Waals surface area (Å²) in [4.78, 5) is 20.3. The van der Waals surface area contributed by atoms with Crippen molar-refractivity contribution >= 4 is 23.2 Å². The third-order valence-electron chi connectivity index (χ3n) is 2.86. The molecule has 0 saturated heterocycles. The number of nitrogens with zero attached hydrogens (tertiary/aromatic N) is 3. The van der Waals surface area contributed by atoms with Crippen molar-refractivity contribution in [2.75, 3.05) is 5.32 Å². The van der Waals surface area contributed by atoms with Gasteiger partial charge in [0.25, 0.3) is 5.91 Å². The Bertz CT molecular complexity index is 832. The summed E-state index contributed by atoms with van der Waals surface area (Å²) in [7, 11) is 0. The second kappa shape index (κ2) is 5.95. The molecule has 0 atom stereocenters. The minimum absolute atomic E-state index is 0.244. The third kappa shape index (κ3) is 3.12. The molecule has 3 rings (SSSR count). The molecular weight excluding hydrogens is 304 g/mol. The number of halogens is 1. The van der Waals surface area contributed by atoms with E-state index in [-0.39, 0.29) is 11.6 Å². The fourth-order valence-electron chi connectivity index (χ4n) is 1.88. The maximum absolute atomic E-state index is 12.1. The van der Waals surface area contributed by atoms with E-state index in [1.807, 2.05) is 6.07 Å². The molecule has 0 aliphatic carbocycles. The summed E-state index contributed by atoms with van der Waals surface area (Å²) in [5.74, 6) is 0.603. The van der Waals surface area contributed by atoms with Crippen molar-refractivity contribution in [2.24, 2.45) is 0 Å². The lowest BCUT2D eigenvalue weighted by molar-refractivity contribution is 0.102. The lowest BCUT2D eigenvalue weighted by atomic mass is 10.2. The van der Waals surface area contributed by atoms with Crippen LogP contribution in [0.2, 0.25) is 5.02 Å². The van der Waals surface area contributed by atoms with Gasteiger partial charge in [0, 0.05) is 29.4 Å². The Labute approximate surface area is 131 Å². The van der Waals surface area contributed by atoms with E-state index in [1.54, 1.807) is 31.2 Å². The molecule has 1 aromatic carbocycles. The van der Waals surface area contributed by atoms with E-state index < -0.39 is 0 Å². The van der Waals surface area contributed by atoms with Crippen LogP contribution in [0.5, 0.6) is 0 Å². The van der Waals surface area contributed by atoms with E-state index in [9.17, 15) is 4.79 Å². The molecule has 0 unspecified atom stereocenters. The monoisotopic (exact) mass is 314 g/mol. The zero-order valence-electron chi connectivity index (χ0n) is 11.6. The van der Waals surface area contributed by atoms with E-state index >= 15 is 0 Å². The Morgan fingerprint density at radius 1 is 1.27 bits per heavy atom. The largest absolute Gasteiger partial charge is 0.339 e. The molecule has 0 spiro atoms.